The maximum atomic E-state index is 4.60. The summed E-state index contributed by atoms with van der Waals surface area (Å²) in [5.74, 6) is 0. The van der Waals surface area contributed by atoms with E-state index in [-0.39, 0.29) is 0 Å². The van der Waals surface area contributed by atoms with E-state index in [1.807, 2.05) is 12.3 Å². The molecule has 1 aromatic heterocycles. The molecule has 0 spiro atoms. The highest BCUT2D eigenvalue weighted by molar-refractivity contribution is 14.1. The maximum absolute atomic E-state index is 4.60. The summed E-state index contributed by atoms with van der Waals surface area (Å²) in [6, 6.07) is 23.5. The zero-order valence-corrected chi connectivity index (χ0v) is 13.4. The Kier molecular flexibility index (Phi) is 3.11. The van der Waals surface area contributed by atoms with Crippen LogP contribution < -0.4 is 0 Å². The molecule has 0 atom stereocenters. The van der Waals surface area contributed by atoms with Crippen LogP contribution in [0.15, 0.2) is 72.9 Å². The number of hydrogen-bond acceptors (Lipinski definition) is 1. The zero-order chi connectivity index (χ0) is 14.2. The summed E-state index contributed by atoms with van der Waals surface area (Å²) < 4.78 is 1.23. The van der Waals surface area contributed by atoms with Crippen LogP contribution in [0.3, 0.4) is 0 Å². The van der Waals surface area contributed by atoms with Gasteiger partial charge in [0.2, 0.25) is 0 Å². The highest BCUT2D eigenvalue weighted by Crippen LogP contribution is 2.34. The Labute approximate surface area is 136 Å². The van der Waals surface area contributed by atoms with Gasteiger partial charge in [-0.1, -0.05) is 48.5 Å². The monoisotopic (exact) mass is 381 g/mol. The van der Waals surface area contributed by atoms with Crippen molar-refractivity contribution in [1.29, 1.82) is 0 Å². The van der Waals surface area contributed by atoms with Crippen molar-refractivity contribution in [3.63, 3.8) is 0 Å². The minimum Gasteiger partial charge on any atom is -0.256 e. The Balaban J connectivity index is 2.14. The van der Waals surface area contributed by atoms with Gasteiger partial charge in [-0.15, -0.1) is 0 Å². The van der Waals surface area contributed by atoms with Crippen molar-refractivity contribution in [2.45, 2.75) is 0 Å². The lowest BCUT2D eigenvalue weighted by atomic mass is 9.96. The van der Waals surface area contributed by atoms with Gasteiger partial charge in [0.25, 0.3) is 0 Å². The molecule has 4 aromatic rings. The van der Waals surface area contributed by atoms with Crippen LogP contribution in [0.1, 0.15) is 0 Å². The molecule has 0 fully saturated rings. The minimum absolute atomic E-state index is 1.06. The SMILES string of the molecule is Ic1cc(-c2cccc3ccccc23)c2ncccc2c1. The molecule has 0 saturated heterocycles. The van der Waals surface area contributed by atoms with Gasteiger partial charge in [-0.2, -0.15) is 0 Å². The lowest BCUT2D eigenvalue weighted by molar-refractivity contribution is 1.41. The Hall–Kier alpha value is -1.94. The Bertz CT molecular complexity index is 954. The smallest absolute Gasteiger partial charge is 0.0781 e. The first-order chi connectivity index (χ1) is 10.3. The van der Waals surface area contributed by atoms with Crippen molar-refractivity contribution in [1.82, 2.24) is 4.98 Å². The van der Waals surface area contributed by atoms with Crippen molar-refractivity contribution in [3.05, 3.63) is 76.5 Å². The molecule has 0 radical (unpaired) electrons. The van der Waals surface area contributed by atoms with E-state index in [9.17, 15) is 0 Å². The van der Waals surface area contributed by atoms with Crippen LogP contribution in [0, 0.1) is 3.57 Å². The predicted octanol–water partition coefficient (Wildman–Crippen LogP) is 5.66. The highest BCUT2D eigenvalue weighted by Gasteiger charge is 2.09. The lowest BCUT2D eigenvalue weighted by Gasteiger charge is -2.10. The van der Waals surface area contributed by atoms with E-state index in [1.54, 1.807) is 0 Å². The molecule has 1 heterocycles. The van der Waals surface area contributed by atoms with E-state index in [1.165, 1.54) is 30.9 Å². The van der Waals surface area contributed by atoms with Crippen LogP contribution in [0.2, 0.25) is 0 Å². The van der Waals surface area contributed by atoms with Crippen LogP contribution in [0.25, 0.3) is 32.8 Å². The van der Waals surface area contributed by atoms with E-state index in [0.717, 1.165) is 5.52 Å². The molecule has 0 amide bonds. The molecular weight excluding hydrogens is 369 g/mol. The van der Waals surface area contributed by atoms with Crippen LogP contribution in [-0.4, -0.2) is 4.98 Å². The second-order valence-corrected chi connectivity index (χ2v) is 6.30. The van der Waals surface area contributed by atoms with Gasteiger partial charge < -0.3 is 0 Å². The Morgan fingerprint density at radius 2 is 1.52 bits per heavy atom. The largest absolute Gasteiger partial charge is 0.256 e. The van der Waals surface area contributed by atoms with Crippen LogP contribution >= 0.6 is 22.6 Å². The fourth-order valence-electron chi connectivity index (χ4n) is 2.82. The van der Waals surface area contributed by atoms with Gasteiger partial charge in [-0.05, 0) is 57.1 Å². The second-order valence-electron chi connectivity index (χ2n) is 5.06. The second kappa shape index (κ2) is 5.11. The summed E-state index contributed by atoms with van der Waals surface area (Å²) in [5, 5.41) is 3.72. The topological polar surface area (TPSA) is 12.9 Å². The van der Waals surface area contributed by atoms with E-state index in [0.29, 0.717) is 0 Å². The van der Waals surface area contributed by atoms with Crippen molar-refractivity contribution >= 4 is 44.3 Å². The molecule has 0 N–H and O–H groups in total. The molecular formula is C19H12IN. The van der Waals surface area contributed by atoms with E-state index in [4.69, 9.17) is 0 Å². The van der Waals surface area contributed by atoms with E-state index >= 15 is 0 Å². The van der Waals surface area contributed by atoms with Crippen molar-refractivity contribution in [2.75, 3.05) is 0 Å². The van der Waals surface area contributed by atoms with Gasteiger partial charge in [0, 0.05) is 20.7 Å². The fraction of sp³-hybridized carbons (Fsp3) is 0. The molecule has 100 valence electrons. The third-order valence-corrected chi connectivity index (χ3v) is 4.37. The Morgan fingerprint density at radius 3 is 2.48 bits per heavy atom. The first kappa shape index (κ1) is 12.8. The average Bonchev–Trinajstić information content (AvgIpc) is 2.53. The normalized spacial score (nSPS) is 11.1. The third kappa shape index (κ3) is 2.20. The molecule has 3 aromatic carbocycles. The molecule has 2 heteroatoms. The molecule has 0 bridgehead atoms. The Morgan fingerprint density at radius 1 is 0.714 bits per heavy atom. The molecule has 0 aliphatic rings. The number of pyridine rings is 1. The van der Waals surface area contributed by atoms with E-state index < -0.39 is 0 Å². The maximum Gasteiger partial charge on any atom is 0.0781 e. The molecule has 21 heavy (non-hydrogen) atoms. The molecule has 0 saturated carbocycles. The predicted molar refractivity (Wildman–Crippen MR) is 97.4 cm³/mol. The van der Waals surface area contributed by atoms with Gasteiger partial charge in [0.1, 0.15) is 0 Å². The standard InChI is InChI=1S/C19H12IN/c20-15-11-14-7-4-10-21-19(14)18(12-15)17-9-3-6-13-5-1-2-8-16(13)17/h1-12H. The van der Waals surface area contributed by atoms with Crippen molar-refractivity contribution < 1.29 is 0 Å². The van der Waals surface area contributed by atoms with Gasteiger partial charge in [-0.25, -0.2) is 0 Å². The number of aromatic nitrogens is 1. The van der Waals surface area contributed by atoms with Gasteiger partial charge in [-0.3, -0.25) is 4.98 Å². The lowest BCUT2D eigenvalue weighted by Crippen LogP contribution is -1.88. The first-order valence-electron chi connectivity index (χ1n) is 6.85. The molecule has 4 rings (SSSR count). The first-order valence-corrected chi connectivity index (χ1v) is 7.93. The summed E-state index contributed by atoms with van der Waals surface area (Å²) in [7, 11) is 0. The van der Waals surface area contributed by atoms with Crippen molar-refractivity contribution in [2.24, 2.45) is 0 Å². The zero-order valence-electron chi connectivity index (χ0n) is 11.3. The minimum atomic E-state index is 1.06. The molecule has 0 unspecified atom stereocenters. The number of hydrogen-bond donors (Lipinski definition) is 0. The summed E-state index contributed by atoms with van der Waals surface area (Å²) in [5.41, 5.74) is 3.51. The van der Waals surface area contributed by atoms with Gasteiger partial charge >= 0.3 is 0 Å². The quantitative estimate of drug-likeness (QED) is 0.388. The molecule has 0 aliphatic carbocycles. The number of rotatable bonds is 1. The highest BCUT2D eigenvalue weighted by atomic mass is 127. The van der Waals surface area contributed by atoms with Crippen LogP contribution in [0.5, 0.6) is 0 Å². The van der Waals surface area contributed by atoms with Crippen molar-refractivity contribution in [3.8, 4) is 11.1 Å². The van der Waals surface area contributed by atoms with E-state index in [2.05, 4.69) is 88.2 Å². The molecule has 1 nitrogen and oxygen atoms in total. The van der Waals surface area contributed by atoms with Gasteiger partial charge in [0.05, 0.1) is 5.52 Å². The summed E-state index contributed by atoms with van der Waals surface area (Å²) >= 11 is 2.38. The summed E-state index contributed by atoms with van der Waals surface area (Å²) in [6.07, 6.45) is 1.86. The number of benzene rings is 3. The number of halogens is 1. The summed E-state index contributed by atoms with van der Waals surface area (Å²) in [4.78, 5) is 4.60. The molecule has 0 aliphatic heterocycles. The number of fused-ring (bicyclic) bond motifs is 2. The average molecular weight is 381 g/mol. The van der Waals surface area contributed by atoms with Crippen LogP contribution in [-0.2, 0) is 0 Å². The van der Waals surface area contributed by atoms with Gasteiger partial charge in [0.15, 0.2) is 0 Å². The fourth-order valence-corrected chi connectivity index (χ4v) is 3.47. The third-order valence-electron chi connectivity index (χ3n) is 3.75. The number of nitrogens with zero attached hydrogens (tertiary/aromatic N) is 1. The van der Waals surface area contributed by atoms with Crippen LogP contribution in [0.4, 0.5) is 0 Å². The summed E-state index contributed by atoms with van der Waals surface area (Å²) in [6.45, 7) is 0.